The van der Waals surface area contributed by atoms with Crippen LogP contribution >= 0.6 is 23.2 Å². The van der Waals surface area contributed by atoms with Crippen molar-refractivity contribution >= 4 is 23.2 Å². The molecule has 0 unspecified atom stereocenters. The van der Waals surface area contributed by atoms with Crippen LogP contribution in [0.3, 0.4) is 0 Å². The number of hydrogen-bond donors (Lipinski definition) is 0. The van der Waals surface area contributed by atoms with E-state index < -0.39 is 11.7 Å². The van der Waals surface area contributed by atoms with Gasteiger partial charge in [-0.3, -0.25) is 0 Å². The number of benzene rings is 3. The van der Waals surface area contributed by atoms with Crippen molar-refractivity contribution in [2.75, 3.05) is 0 Å². The first-order chi connectivity index (χ1) is 14.3. The van der Waals surface area contributed by atoms with E-state index in [1.807, 2.05) is 0 Å². The molecule has 0 aliphatic heterocycles. The highest BCUT2D eigenvalue weighted by Crippen LogP contribution is 2.33. The third-order valence-corrected chi connectivity index (χ3v) is 4.99. The highest BCUT2D eigenvalue weighted by Gasteiger charge is 2.30. The lowest BCUT2D eigenvalue weighted by Gasteiger charge is -2.11. The summed E-state index contributed by atoms with van der Waals surface area (Å²) in [5.74, 6) is 0.796. The number of hydrogen-bond acceptors (Lipinski definition) is 3. The van der Waals surface area contributed by atoms with Crippen LogP contribution < -0.4 is 0 Å². The predicted molar refractivity (Wildman–Crippen MR) is 111 cm³/mol. The van der Waals surface area contributed by atoms with E-state index in [1.54, 1.807) is 48.5 Å². The second-order valence-electron chi connectivity index (χ2n) is 6.34. The average Bonchev–Trinajstić information content (AvgIpc) is 2.73. The standard InChI is InChI=1S/C22H12Cl2F3N3/c23-17-7-3-1-5-15(17)20-28-19(13-9-11-14(12-10-13)22(25,26)27)29-21(30-20)16-6-2-4-8-18(16)24/h1-12H. The van der Waals surface area contributed by atoms with Gasteiger partial charge in [-0.15, -0.1) is 0 Å². The van der Waals surface area contributed by atoms with Crippen LogP contribution in [0.4, 0.5) is 13.2 Å². The summed E-state index contributed by atoms with van der Waals surface area (Å²) in [5.41, 5.74) is 0.802. The van der Waals surface area contributed by atoms with Gasteiger partial charge in [-0.1, -0.05) is 59.6 Å². The number of rotatable bonds is 3. The lowest BCUT2D eigenvalue weighted by molar-refractivity contribution is -0.137. The SMILES string of the molecule is FC(F)(F)c1ccc(-c2nc(-c3ccccc3Cl)nc(-c3ccccc3Cl)n2)cc1. The molecule has 0 fully saturated rings. The van der Waals surface area contributed by atoms with E-state index >= 15 is 0 Å². The van der Waals surface area contributed by atoms with E-state index in [4.69, 9.17) is 23.2 Å². The molecule has 3 nitrogen and oxygen atoms in total. The molecule has 0 amide bonds. The van der Waals surface area contributed by atoms with Gasteiger partial charge in [0.1, 0.15) is 0 Å². The van der Waals surface area contributed by atoms with Gasteiger partial charge >= 0.3 is 6.18 Å². The van der Waals surface area contributed by atoms with E-state index in [1.165, 1.54) is 12.1 Å². The van der Waals surface area contributed by atoms with Crippen LogP contribution in [0, 0.1) is 0 Å². The first kappa shape index (κ1) is 20.3. The van der Waals surface area contributed by atoms with Crippen LogP contribution in [-0.4, -0.2) is 15.0 Å². The molecule has 0 bridgehead atoms. The highest BCUT2D eigenvalue weighted by atomic mass is 35.5. The summed E-state index contributed by atoms with van der Waals surface area (Å²) >= 11 is 12.6. The van der Waals surface area contributed by atoms with Crippen LogP contribution in [0.15, 0.2) is 72.8 Å². The van der Waals surface area contributed by atoms with Crippen molar-refractivity contribution in [1.82, 2.24) is 15.0 Å². The van der Waals surface area contributed by atoms with Crippen molar-refractivity contribution in [3.63, 3.8) is 0 Å². The molecule has 3 aromatic carbocycles. The Labute approximate surface area is 180 Å². The Kier molecular flexibility index (Phi) is 5.45. The predicted octanol–water partition coefficient (Wildman–Crippen LogP) is 7.20. The van der Waals surface area contributed by atoms with Crippen LogP contribution in [0.1, 0.15) is 5.56 Å². The lowest BCUT2D eigenvalue weighted by Crippen LogP contribution is -2.05. The fraction of sp³-hybridized carbons (Fsp3) is 0.0455. The summed E-state index contributed by atoms with van der Waals surface area (Å²) in [5, 5.41) is 0.874. The van der Waals surface area contributed by atoms with E-state index in [2.05, 4.69) is 15.0 Å². The molecule has 30 heavy (non-hydrogen) atoms. The summed E-state index contributed by atoms with van der Waals surface area (Å²) in [4.78, 5) is 13.4. The van der Waals surface area contributed by atoms with Crippen molar-refractivity contribution in [2.24, 2.45) is 0 Å². The molecular formula is C22H12Cl2F3N3. The van der Waals surface area contributed by atoms with Crippen molar-refractivity contribution < 1.29 is 13.2 Å². The molecule has 0 radical (unpaired) electrons. The Balaban J connectivity index is 1.90. The van der Waals surface area contributed by atoms with E-state index in [0.29, 0.717) is 38.4 Å². The zero-order chi connectivity index (χ0) is 21.3. The van der Waals surface area contributed by atoms with Crippen molar-refractivity contribution in [2.45, 2.75) is 6.18 Å². The van der Waals surface area contributed by atoms with Crippen LogP contribution in [0.5, 0.6) is 0 Å². The summed E-state index contributed by atoms with van der Waals surface area (Å²) in [6.07, 6.45) is -4.43. The van der Waals surface area contributed by atoms with Crippen molar-refractivity contribution in [3.05, 3.63) is 88.4 Å². The molecule has 0 saturated carbocycles. The van der Waals surface area contributed by atoms with Gasteiger partial charge in [0, 0.05) is 16.7 Å². The Morgan fingerprint density at radius 2 is 1.00 bits per heavy atom. The Morgan fingerprint density at radius 1 is 0.567 bits per heavy atom. The van der Waals surface area contributed by atoms with Crippen molar-refractivity contribution in [3.8, 4) is 34.2 Å². The third kappa shape index (κ3) is 4.15. The van der Waals surface area contributed by atoms with E-state index in [9.17, 15) is 13.2 Å². The molecule has 0 N–H and O–H groups in total. The molecular weight excluding hydrogens is 434 g/mol. The zero-order valence-electron chi connectivity index (χ0n) is 15.2. The second kappa shape index (κ2) is 8.05. The number of halogens is 5. The van der Waals surface area contributed by atoms with Gasteiger partial charge in [-0.2, -0.15) is 13.2 Å². The molecule has 8 heteroatoms. The van der Waals surface area contributed by atoms with E-state index in [-0.39, 0.29) is 5.82 Å². The van der Waals surface area contributed by atoms with E-state index in [0.717, 1.165) is 12.1 Å². The minimum atomic E-state index is -4.43. The van der Waals surface area contributed by atoms with Gasteiger partial charge < -0.3 is 0 Å². The highest BCUT2D eigenvalue weighted by molar-refractivity contribution is 6.33. The number of aromatic nitrogens is 3. The number of nitrogens with zero attached hydrogens (tertiary/aromatic N) is 3. The summed E-state index contributed by atoms with van der Waals surface area (Å²) in [6, 6.07) is 18.7. The topological polar surface area (TPSA) is 38.7 Å². The minimum Gasteiger partial charge on any atom is -0.208 e. The maximum atomic E-state index is 12.9. The second-order valence-corrected chi connectivity index (χ2v) is 7.16. The largest absolute Gasteiger partial charge is 0.416 e. The van der Waals surface area contributed by atoms with Gasteiger partial charge in [0.25, 0.3) is 0 Å². The van der Waals surface area contributed by atoms with Crippen LogP contribution in [-0.2, 0) is 6.18 Å². The molecule has 4 rings (SSSR count). The Bertz CT molecular complexity index is 1150. The summed E-state index contributed by atoms with van der Waals surface area (Å²) in [6.45, 7) is 0. The molecule has 4 aromatic rings. The van der Waals surface area contributed by atoms with Crippen molar-refractivity contribution in [1.29, 1.82) is 0 Å². The maximum absolute atomic E-state index is 12.9. The summed E-state index contributed by atoms with van der Waals surface area (Å²) in [7, 11) is 0. The zero-order valence-corrected chi connectivity index (χ0v) is 16.7. The maximum Gasteiger partial charge on any atom is 0.416 e. The molecule has 0 spiro atoms. The molecule has 0 atom stereocenters. The first-order valence-corrected chi connectivity index (χ1v) is 9.52. The molecule has 0 aliphatic carbocycles. The third-order valence-electron chi connectivity index (χ3n) is 4.34. The molecule has 0 aliphatic rings. The quantitative estimate of drug-likeness (QED) is 0.334. The molecule has 1 heterocycles. The molecule has 150 valence electrons. The Morgan fingerprint density at radius 3 is 1.43 bits per heavy atom. The lowest BCUT2D eigenvalue weighted by atomic mass is 10.1. The Hall–Kier alpha value is -2.96. The molecule has 1 aromatic heterocycles. The van der Waals surface area contributed by atoms with Gasteiger partial charge in [-0.25, -0.2) is 15.0 Å². The summed E-state index contributed by atoms with van der Waals surface area (Å²) < 4.78 is 38.7. The first-order valence-electron chi connectivity index (χ1n) is 8.76. The fourth-order valence-electron chi connectivity index (χ4n) is 2.84. The molecule has 0 saturated heterocycles. The van der Waals surface area contributed by atoms with Crippen LogP contribution in [0.25, 0.3) is 34.2 Å². The van der Waals surface area contributed by atoms with Gasteiger partial charge in [0.15, 0.2) is 17.5 Å². The van der Waals surface area contributed by atoms with Gasteiger partial charge in [-0.05, 0) is 36.4 Å². The minimum absolute atomic E-state index is 0.212. The monoisotopic (exact) mass is 445 g/mol. The number of alkyl halides is 3. The smallest absolute Gasteiger partial charge is 0.208 e. The van der Waals surface area contributed by atoms with Gasteiger partial charge in [0.05, 0.1) is 15.6 Å². The van der Waals surface area contributed by atoms with Crippen LogP contribution in [0.2, 0.25) is 10.0 Å². The normalized spacial score (nSPS) is 11.5. The van der Waals surface area contributed by atoms with Gasteiger partial charge in [0.2, 0.25) is 0 Å². The average molecular weight is 446 g/mol. The fourth-order valence-corrected chi connectivity index (χ4v) is 3.28.